The minimum atomic E-state index is -0.442. The average molecular weight is 420 g/mol. The number of rotatable bonds is 9. The lowest BCUT2D eigenvalue weighted by atomic mass is 9.92. The molecule has 1 unspecified atom stereocenters. The minimum Gasteiger partial charge on any atom is -0.494 e. The van der Waals surface area contributed by atoms with Crippen LogP contribution in [0.4, 0.5) is 8.78 Å². The first kappa shape index (κ1) is 21.1. The molecular weight excluding hydrogens is 394 g/mol. The van der Waals surface area contributed by atoms with Crippen molar-refractivity contribution in [3.63, 3.8) is 0 Å². The molecule has 0 aromatic heterocycles. The monoisotopic (exact) mass is 420 g/mol. The van der Waals surface area contributed by atoms with Crippen LogP contribution in [0.1, 0.15) is 36.8 Å². The maximum Gasteiger partial charge on any atom is 0.165 e. The van der Waals surface area contributed by atoms with E-state index in [1.165, 1.54) is 6.07 Å². The van der Waals surface area contributed by atoms with Gasteiger partial charge in [0.25, 0.3) is 0 Å². The Balaban J connectivity index is 1.49. The number of allylic oxidation sites excluding steroid dienone is 2. The predicted octanol–water partition coefficient (Wildman–Crippen LogP) is 7.61. The molecule has 160 valence electrons. The fourth-order valence-corrected chi connectivity index (χ4v) is 3.73. The molecule has 0 amide bonds. The van der Waals surface area contributed by atoms with Gasteiger partial charge in [0, 0.05) is 5.92 Å². The van der Waals surface area contributed by atoms with Crippen molar-refractivity contribution in [2.75, 3.05) is 6.61 Å². The molecule has 0 spiro atoms. The zero-order chi connectivity index (χ0) is 21.6. The van der Waals surface area contributed by atoms with Crippen molar-refractivity contribution in [3.8, 4) is 17.2 Å². The van der Waals surface area contributed by atoms with Crippen LogP contribution in [0.5, 0.6) is 17.2 Å². The van der Waals surface area contributed by atoms with Crippen LogP contribution in [0.15, 0.2) is 84.7 Å². The molecule has 4 heteroatoms. The standard InChI is InChI=1S/C27H26F2O2/c1-2-30-22-14-12-21(13-15-22)27(20-10-11-20)25(29)17-9-19-8-16-24(28)26(18-19)31-23-6-4-3-5-7-23/h3-8,12-18,20,27H,2,9-11H2,1H3. The molecule has 0 radical (unpaired) electrons. The van der Waals surface area contributed by atoms with E-state index in [1.807, 2.05) is 49.4 Å². The van der Waals surface area contributed by atoms with Crippen LogP contribution in [0.3, 0.4) is 0 Å². The molecule has 0 heterocycles. The fourth-order valence-electron chi connectivity index (χ4n) is 3.73. The zero-order valence-electron chi connectivity index (χ0n) is 17.6. The van der Waals surface area contributed by atoms with Gasteiger partial charge >= 0.3 is 0 Å². The molecule has 1 atom stereocenters. The SMILES string of the molecule is CCOc1ccc(C(C(F)=CCc2ccc(F)c(Oc3ccccc3)c2)C2CC2)cc1. The third kappa shape index (κ3) is 5.52. The lowest BCUT2D eigenvalue weighted by molar-refractivity contribution is 0.340. The van der Waals surface area contributed by atoms with E-state index in [-0.39, 0.29) is 17.5 Å². The Morgan fingerprint density at radius 1 is 1.00 bits per heavy atom. The molecule has 1 aliphatic rings. The fraction of sp³-hybridized carbons (Fsp3) is 0.259. The van der Waals surface area contributed by atoms with Crippen LogP contribution in [0, 0.1) is 11.7 Å². The van der Waals surface area contributed by atoms with Gasteiger partial charge in [-0.3, -0.25) is 0 Å². The second-order valence-corrected chi connectivity index (χ2v) is 7.79. The van der Waals surface area contributed by atoms with E-state index >= 15 is 4.39 Å². The second-order valence-electron chi connectivity index (χ2n) is 7.79. The van der Waals surface area contributed by atoms with Gasteiger partial charge in [0.2, 0.25) is 0 Å². The molecule has 0 aliphatic heterocycles. The Morgan fingerprint density at radius 3 is 2.42 bits per heavy atom. The number of hydrogen-bond acceptors (Lipinski definition) is 2. The molecule has 0 N–H and O–H groups in total. The van der Waals surface area contributed by atoms with Gasteiger partial charge < -0.3 is 9.47 Å². The molecule has 3 aromatic rings. The largest absolute Gasteiger partial charge is 0.494 e. The van der Waals surface area contributed by atoms with Crippen molar-refractivity contribution in [2.45, 2.75) is 32.1 Å². The summed E-state index contributed by atoms with van der Waals surface area (Å²) in [6.45, 7) is 2.54. The summed E-state index contributed by atoms with van der Waals surface area (Å²) in [5.74, 6) is 1.01. The maximum atomic E-state index is 15.2. The van der Waals surface area contributed by atoms with E-state index in [0.717, 1.165) is 29.7 Å². The van der Waals surface area contributed by atoms with Crippen LogP contribution in [0.25, 0.3) is 0 Å². The van der Waals surface area contributed by atoms with Gasteiger partial charge in [-0.1, -0.05) is 36.4 Å². The lowest BCUT2D eigenvalue weighted by Gasteiger charge is -2.16. The van der Waals surface area contributed by atoms with E-state index in [2.05, 4.69) is 0 Å². The van der Waals surface area contributed by atoms with Crippen molar-refractivity contribution in [1.82, 2.24) is 0 Å². The first-order chi connectivity index (χ1) is 15.1. The Labute approximate surface area is 182 Å². The van der Waals surface area contributed by atoms with E-state index in [1.54, 1.807) is 30.3 Å². The summed E-state index contributed by atoms with van der Waals surface area (Å²) in [5, 5.41) is 0. The number of benzene rings is 3. The van der Waals surface area contributed by atoms with Gasteiger partial charge in [-0.05, 0) is 85.7 Å². The van der Waals surface area contributed by atoms with E-state index in [0.29, 0.717) is 24.7 Å². The highest BCUT2D eigenvalue weighted by Gasteiger charge is 2.35. The van der Waals surface area contributed by atoms with E-state index < -0.39 is 5.82 Å². The molecule has 0 bridgehead atoms. The maximum absolute atomic E-state index is 15.2. The van der Waals surface area contributed by atoms with E-state index in [4.69, 9.17) is 9.47 Å². The van der Waals surface area contributed by atoms with Gasteiger partial charge in [0.1, 0.15) is 17.3 Å². The first-order valence-corrected chi connectivity index (χ1v) is 10.7. The van der Waals surface area contributed by atoms with E-state index in [9.17, 15) is 4.39 Å². The molecular formula is C27H26F2O2. The molecule has 2 nitrogen and oxygen atoms in total. The zero-order valence-corrected chi connectivity index (χ0v) is 17.6. The Kier molecular flexibility index (Phi) is 6.66. The van der Waals surface area contributed by atoms with Crippen molar-refractivity contribution in [1.29, 1.82) is 0 Å². The van der Waals surface area contributed by atoms with Gasteiger partial charge in [-0.25, -0.2) is 8.78 Å². The Hall–Kier alpha value is -3.14. The number of halogens is 2. The third-order valence-electron chi connectivity index (χ3n) is 5.44. The van der Waals surface area contributed by atoms with Crippen LogP contribution >= 0.6 is 0 Å². The third-order valence-corrected chi connectivity index (χ3v) is 5.44. The predicted molar refractivity (Wildman–Crippen MR) is 119 cm³/mol. The highest BCUT2D eigenvalue weighted by Crippen LogP contribution is 2.47. The summed E-state index contributed by atoms with van der Waals surface area (Å²) >= 11 is 0. The summed E-state index contributed by atoms with van der Waals surface area (Å²) in [4.78, 5) is 0. The number of ether oxygens (including phenoxy) is 2. The van der Waals surface area contributed by atoms with Crippen LogP contribution in [-0.2, 0) is 6.42 Å². The summed E-state index contributed by atoms with van der Waals surface area (Å²) < 4.78 is 40.6. The normalized spacial score (nSPS) is 14.9. The van der Waals surface area contributed by atoms with Gasteiger partial charge in [0.05, 0.1) is 6.61 Å². The Bertz CT molecular complexity index is 1020. The summed E-state index contributed by atoms with van der Waals surface area (Å²) in [5.41, 5.74) is 1.76. The van der Waals surface area contributed by atoms with Gasteiger partial charge in [-0.15, -0.1) is 0 Å². The molecule has 1 saturated carbocycles. The highest BCUT2D eigenvalue weighted by molar-refractivity contribution is 5.37. The van der Waals surface area contributed by atoms with Gasteiger partial charge in [0.15, 0.2) is 11.6 Å². The van der Waals surface area contributed by atoms with Crippen LogP contribution in [0.2, 0.25) is 0 Å². The Morgan fingerprint density at radius 2 is 1.74 bits per heavy atom. The summed E-state index contributed by atoms with van der Waals surface area (Å²) in [6, 6.07) is 21.4. The second kappa shape index (κ2) is 9.78. The molecule has 31 heavy (non-hydrogen) atoms. The van der Waals surface area contributed by atoms with Gasteiger partial charge in [-0.2, -0.15) is 0 Å². The first-order valence-electron chi connectivity index (χ1n) is 10.7. The molecule has 4 rings (SSSR count). The van der Waals surface area contributed by atoms with Crippen molar-refractivity contribution >= 4 is 0 Å². The molecule has 3 aromatic carbocycles. The lowest BCUT2D eigenvalue weighted by Crippen LogP contribution is -2.03. The highest BCUT2D eigenvalue weighted by atomic mass is 19.1. The number of hydrogen-bond donors (Lipinski definition) is 0. The quantitative estimate of drug-likeness (QED) is 0.355. The van der Waals surface area contributed by atoms with Crippen molar-refractivity contribution < 1.29 is 18.3 Å². The summed E-state index contributed by atoms with van der Waals surface area (Å²) in [6.07, 6.45) is 4.05. The average Bonchev–Trinajstić information content (AvgIpc) is 3.62. The smallest absolute Gasteiger partial charge is 0.165 e. The molecule has 1 fully saturated rings. The molecule has 0 saturated heterocycles. The van der Waals surface area contributed by atoms with Crippen molar-refractivity contribution in [2.24, 2.45) is 5.92 Å². The number of para-hydroxylation sites is 1. The topological polar surface area (TPSA) is 18.5 Å². The van der Waals surface area contributed by atoms with Crippen LogP contribution in [-0.4, -0.2) is 6.61 Å². The van der Waals surface area contributed by atoms with Crippen molar-refractivity contribution in [3.05, 3.63) is 102 Å². The minimum absolute atomic E-state index is 0.137. The molecule has 1 aliphatic carbocycles. The van der Waals surface area contributed by atoms with Crippen LogP contribution < -0.4 is 9.47 Å². The summed E-state index contributed by atoms with van der Waals surface area (Å²) in [7, 11) is 0.